The van der Waals surface area contributed by atoms with Crippen LogP contribution in [-0.2, 0) is 19.5 Å². The normalized spacial score (nSPS) is 10.9. The first kappa shape index (κ1) is 22.6. The Hall–Kier alpha value is -3.13. The van der Waals surface area contributed by atoms with E-state index in [4.69, 9.17) is 5.73 Å². The lowest BCUT2D eigenvalue weighted by Gasteiger charge is -2.24. The minimum Gasteiger partial charge on any atom is -0.383 e. The zero-order valence-electron chi connectivity index (χ0n) is 18.1. The van der Waals surface area contributed by atoms with E-state index in [2.05, 4.69) is 4.98 Å². The largest absolute Gasteiger partial charge is 0.383 e. The van der Waals surface area contributed by atoms with Crippen molar-refractivity contribution in [2.45, 2.75) is 53.1 Å². The summed E-state index contributed by atoms with van der Waals surface area (Å²) in [6, 6.07) is 11.2. The topological polar surface area (TPSA) is 101 Å². The van der Waals surface area contributed by atoms with Gasteiger partial charge in [0.15, 0.2) is 5.69 Å². The Balaban J connectivity index is 2.15. The molecule has 0 aliphatic rings. The van der Waals surface area contributed by atoms with Crippen LogP contribution in [0.4, 0.5) is 11.5 Å². The van der Waals surface area contributed by atoms with E-state index < -0.39 is 11.2 Å². The Kier molecular flexibility index (Phi) is 7.12. The number of carbonyl (C=O) groups is 1. The quantitative estimate of drug-likeness (QED) is 0.558. The number of amides is 1. The number of nitrogens with one attached hydrogen (secondary N) is 1. The number of hydrogen-bond donors (Lipinski definition) is 2. The highest BCUT2D eigenvalue weighted by molar-refractivity contribution is 7.14. The van der Waals surface area contributed by atoms with Crippen LogP contribution in [0.2, 0.25) is 0 Å². The predicted molar refractivity (Wildman–Crippen MR) is 126 cm³/mol. The molecule has 0 spiro atoms. The fourth-order valence-electron chi connectivity index (χ4n) is 3.50. The monoisotopic (exact) mass is 440 g/mol. The summed E-state index contributed by atoms with van der Waals surface area (Å²) in [5.74, 6) is -0.301. The third-order valence-corrected chi connectivity index (χ3v) is 6.57. The average Bonchev–Trinajstić information content (AvgIpc) is 3.13. The second-order valence-electron chi connectivity index (χ2n) is 7.45. The Labute approximate surface area is 185 Å². The molecule has 0 bridgehead atoms. The number of aryl methyl sites for hydroxylation is 2. The molecule has 0 saturated heterocycles. The summed E-state index contributed by atoms with van der Waals surface area (Å²) in [5.41, 5.74) is 6.99. The number of hydrogen-bond acceptors (Lipinski definition) is 5. The third kappa shape index (κ3) is 4.80. The molecule has 0 unspecified atom stereocenters. The maximum absolute atomic E-state index is 13.6. The fraction of sp³-hybridized carbons (Fsp3) is 0.348. The van der Waals surface area contributed by atoms with Crippen molar-refractivity contribution in [2.24, 2.45) is 0 Å². The summed E-state index contributed by atoms with van der Waals surface area (Å²) in [6.07, 6.45) is 2.42. The summed E-state index contributed by atoms with van der Waals surface area (Å²) in [7, 11) is 0. The van der Waals surface area contributed by atoms with Crippen molar-refractivity contribution in [1.29, 1.82) is 0 Å². The van der Waals surface area contributed by atoms with Crippen LogP contribution in [0.5, 0.6) is 0 Å². The van der Waals surface area contributed by atoms with Gasteiger partial charge in [0.1, 0.15) is 5.82 Å². The SMILES string of the molecule is CCCCn1c(N)c(N(Cc2ccccc2)C(=O)c2cc(C)c(CC)s2)c(=O)[nH]c1=O. The Morgan fingerprint density at radius 3 is 2.52 bits per heavy atom. The van der Waals surface area contributed by atoms with Crippen LogP contribution < -0.4 is 21.9 Å². The van der Waals surface area contributed by atoms with E-state index >= 15 is 0 Å². The van der Waals surface area contributed by atoms with Gasteiger partial charge in [-0.1, -0.05) is 50.6 Å². The molecule has 7 nitrogen and oxygen atoms in total. The smallest absolute Gasteiger partial charge is 0.330 e. The second kappa shape index (κ2) is 9.78. The minimum atomic E-state index is -0.663. The van der Waals surface area contributed by atoms with Gasteiger partial charge in [0.2, 0.25) is 0 Å². The molecule has 1 aromatic carbocycles. The van der Waals surface area contributed by atoms with Crippen molar-refractivity contribution in [3.63, 3.8) is 0 Å². The summed E-state index contributed by atoms with van der Waals surface area (Å²) >= 11 is 1.42. The number of H-pyrrole nitrogens is 1. The van der Waals surface area contributed by atoms with Gasteiger partial charge < -0.3 is 5.73 Å². The number of unbranched alkanes of at least 4 members (excludes halogenated alkanes) is 1. The van der Waals surface area contributed by atoms with Crippen molar-refractivity contribution < 1.29 is 4.79 Å². The summed E-state index contributed by atoms with van der Waals surface area (Å²) in [5, 5.41) is 0. The van der Waals surface area contributed by atoms with Gasteiger partial charge in [-0.05, 0) is 37.0 Å². The number of thiophene rings is 1. The lowest BCUT2D eigenvalue weighted by atomic mass is 10.2. The number of anilines is 2. The van der Waals surface area contributed by atoms with Crippen molar-refractivity contribution in [3.05, 3.63) is 78.1 Å². The van der Waals surface area contributed by atoms with Crippen LogP contribution in [0.15, 0.2) is 46.0 Å². The maximum atomic E-state index is 13.6. The molecule has 31 heavy (non-hydrogen) atoms. The van der Waals surface area contributed by atoms with Crippen molar-refractivity contribution >= 4 is 28.7 Å². The summed E-state index contributed by atoms with van der Waals surface area (Å²) in [4.78, 5) is 44.2. The standard InChI is InChI=1S/C23H28N4O3S/c1-4-6-12-26-20(24)19(21(28)25-23(26)30)27(14-16-10-8-7-9-11-16)22(29)18-13-15(3)17(5-2)31-18/h7-11,13H,4-6,12,14,24H2,1-3H3,(H,25,28,30). The molecule has 3 N–H and O–H groups in total. The van der Waals surface area contributed by atoms with E-state index in [0.29, 0.717) is 11.4 Å². The van der Waals surface area contributed by atoms with E-state index in [1.54, 1.807) is 0 Å². The molecule has 0 saturated carbocycles. The highest BCUT2D eigenvalue weighted by atomic mass is 32.1. The molecule has 2 heterocycles. The molecule has 164 valence electrons. The van der Waals surface area contributed by atoms with Crippen LogP contribution in [0.25, 0.3) is 0 Å². The van der Waals surface area contributed by atoms with E-state index in [1.807, 2.05) is 57.2 Å². The Morgan fingerprint density at radius 2 is 1.90 bits per heavy atom. The van der Waals surface area contributed by atoms with Gasteiger partial charge in [-0.2, -0.15) is 0 Å². The molecule has 2 aromatic heterocycles. The van der Waals surface area contributed by atoms with Gasteiger partial charge in [0.05, 0.1) is 11.4 Å². The minimum absolute atomic E-state index is 0.00802. The number of nitrogens with zero attached hydrogens (tertiary/aromatic N) is 2. The molecule has 0 atom stereocenters. The number of benzene rings is 1. The van der Waals surface area contributed by atoms with Crippen LogP contribution in [-0.4, -0.2) is 15.5 Å². The molecular formula is C23H28N4O3S. The first-order valence-electron chi connectivity index (χ1n) is 10.4. The number of nitrogens with two attached hydrogens (primary N) is 1. The molecule has 1 amide bonds. The third-order valence-electron chi connectivity index (χ3n) is 5.20. The zero-order chi connectivity index (χ0) is 22.5. The van der Waals surface area contributed by atoms with Crippen LogP contribution in [0.3, 0.4) is 0 Å². The second-order valence-corrected chi connectivity index (χ2v) is 8.58. The number of aromatic nitrogens is 2. The van der Waals surface area contributed by atoms with Crippen molar-refractivity contribution in [1.82, 2.24) is 9.55 Å². The lowest BCUT2D eigenvalue weighted by Crippen LogP contribution is -2.40. The van der Waals surface area contributed by atoms with Gasteiger partial charge in [-0.3, -0.25) is 24.0 Å². The van der Waals surface area contributed by atoms with Crippen LogP contribution in [0, 0.1) is 6.92 Å². The number of rotatable bonds is 8. The van der Waals surface area contributed by atoms with E-state index in [-0.39, 0.29) is 24.0 Å². The molecule has 8 heteroatoms. The fourth-order valence-corrected chi connectivity index (χ4v) is 4.57. The molecule has 0 aliphatic heterocycles. The maximum Gasteiger partial charge on any atom is 0.330 e. The first-order chi connectivity index (χ1) is 14.9. The molecule has 0 aliphatic carbocycles. The zero-order valence-corrected chi connectivity index (χ0v) is 18.9. The van der Waals surface area contributed by atoms with Crippen molar-refractivity contribution in [3.8, 4) is 0 Å². The van der Waals surface area contributed by atoms with Gasteiger partial charge >= 0.3 is 5.69 Å². The Morgan fingerprint density at radius 1 is 1.19 bits per heavy atom. The van der Waals surface area contributed by atoms with Crippen LogP contribution >= 0.6 is 11.3 Å². The van der Waals surface area contributed by atoms with Gasteiger partial charge in [-0.25, -0.2) is 4.79 Å². The van der Waals surface area contributed by atoms with Gasteiger partial charge in [0.25, 0.3) is 11.5 Å². The average molecular weight is 441 g/mol. The number of nitrogen functional groups attached to an aromatic ring is 1. The van der Waals surface area contributed by atoms with Crippen LogP contribution in [0.1, 0.15) is 52.4 Å². The van der Waals surface area contributed by atoms with Gasteiger partial charge in [-0.15, -0.1) is 11.3 Å². The number of carbonyl (C=O) groups excluding carboxylic acids is 1. The molecule has 3 rings (SSSR count). The lowest BCUT2D eigenvalue weighted by molar-refractivity contribution is 0.0988. The van der Waals surface area contributed by atoms with E-state index in [0.717, 1.165) is 35.3 Å². The highest BCUT2D eigenvalue weighted by Crippen LogP contribution is 2.28. The Bertz CT molecular complexity index is 1180. The molecule has 0 radical (unpaired) electrons. The molecular weight excluding hydrogens is 412 g/mol. The molecule has 0 fully saturated rings. The predicted octanol–water partition coefficient (Wildman–Crippen LogP) is 3.70. The van der Waals surface area contributed by atoms with Gasteiger partial charge in [0, 0.05) is 11.4 Å². The first-order valence-corrected chi connectivity index (χ1v) is 11.3. The summed E-state index contributed by atoms with van der Waals surface area (Å²) in [6.45, 7) is 6.55. The summed E-state index contributed by atoms with van der Waals surface area (Å²) < 4.78 is 1.34. The van der Waals surface area contributed by atoms with E-state index in [1.165, 1.54) is 20.8 Å². The molecule has 3 aromatic rings. The highest BCUT2D eigenvalue weighted by Gasteiger charge is 2.27. The van der Waals surface area contributed by atoms with E-state index in [9.17, 15) is 14.4 Å². The van der Waals surface area contributed by atoms with Crippen molar-refractivity contribution in [2.75, 3.05) is 10.6 Å². The number of aromatic amines is 1.